The molecule has 2 N–H and O–H groups in total. The number of methoxy groups -OCH3 is 1. The summed E-state index contributed by atoms with van der Waals surface area (Å²) < 4.78 is 145. The Balaban J connectivity index is 1.74. The van der Waals surface area contributed by atoms with E-state index in [0.717, 1.165) is 24.3 Å². The molecule has 2 aliphatic rings. The Kier molecular flexibility index (Phi) is 2.45. The van der Waals surface area contributed by atoms with Gasteiger partial charge in [0.25, 0.3) is 11.8 Å². The van der Waals surface area contributed by atoms with Crippen molar-refractivity contribution >= 4 is 29.1 Å². The molecule has 1 saturated heterocycles. The fourth-order valence-electron chi connectivity index (χ4n) is 3.26. The van der Waals surface area contributed by atoms with Crippen LogP contribution in [-0.4, -0.2) is 47.6 Å². The average Bonchev–Trinajstić information content (AvgIpc) is 3.41. The van der Waals surface area contributed by atoms with Gasteiger partial charge < -0.3 is 20.3 Å². The number of aromatic nitrogens is 2. The topological polar surface area (TPSA) is 111 Å². The predicted octanol–water partition coefficient (Wildman–Crippen LogP) is 2.70. The fourth-order valence-corrected chi connectivity index (χ4v) is 3.26. The van der Waals surface area contributed by atoms with Crippen LogP contribution in [0, 0.1) is 0 Å². The molecule has 3 aromatic rings. The van der Waals surface area contributed by atoms with E-state index in [1.54, 1.807) is 0 Å². The van der Waals surface area contributed by atoms with E-state index in [2.05, 4.69) is 5.10 Å². The third-order valence-corrected chi connectivity index (χ3v) is 4.85. The molecule has 1 aromatic heterocycles. The van der Waals surface area contributed by atoms with Crippen molar-refractivity contribution in [2.45, 2.75) is 25.5 Å². The molecule has 3 amide bonds. The van der Waals surface area contributed by atoms with E-state index < -0.39 is 116 Å². The summed E-state index contributed by atoms with van der Waals surface area (Å²) in [5.41, 5.74) is 0.403. The van der Waals surface area contributed by atoms with Crippen LogP contribution in [0.4, 0.5) is 11.4 Å². The first kappa shape index (κ1) is 9.61. The summed E-state index contributed by atoms with van der Waals surface area (Å²) in [7, 11) is -2.85. The van der Waals surface area contributed by atoms with E-state index in [1.807, 2.05) is 0 Å². The molecule has 5 rings (SSSR count). The fraction of sp³-hybridized carbons (Fsp3) is 0.280. The molecule has 0 saturated carbocycles. The van der Waals surface area contributed by atoms with Gasteiger partial charge in [-0.25, -0.2) is 4.68 Å². The second-order valence-electron chi connectivity index (χ2n) is 6.84. The van der Waals surface area contributed by atoms with Crippen molar-refractivity contribution in [1.29, 1.82) is 0 Å². The van der Waals surface area contributed by atoms with Gasteiger partial charge in [0.05, 0.1) is 25.1 Å². The normalized spacial score (nSPS) is 31.0. The minimum Gasteiger partial charge on any atom is -0.497 e. The molecule has 2 aliphatic heterocycles. The van der Waals surface area contributed by atoms with Gasteiger partial charge in [0.1, 0.15) is 11.4 Å². The first-order chi connectivity index (χ1) is 23.0. The molecule has 0 atom stereocenters. The number of fused-ring (bicyclic) bond motifs is 1. The van der Waals surface area contributed by atoms with Crippen LogP contribution in [0.1, 0.15) is 69.0 Å². The van der Waals surface area contributed by atoms with Gasteiger partial charge in [-0.2, -0.15) is 5.10 Å². The van der Waals surface area contributed by atoms with Crippen LogP contribution in [0.15, 0.2) is 48.4 Å². The first-order valence-corrected chi connectivity index (χ1v) is 9.54. The number of piperidine rings is 1. The van der Waals surface area contributed by atoms with E-state index in [1.165, 1.54) is 0 Å². The van der Waals surface area contributed by atoms with Crippen molar-refractivity contribution in [2.75, 3.05) is 29.9 Å². The van der Waals surface area contributed by atoms with Gasteiger partial charge in [0.2, 0.25) is 5.91 Å². The number of carbonyl (C=O) groups excluding carboxylic acids is 3. The van der Waals surface area contributed by atoms with Crippen LogP contribution in [0.2, 0.25) is 0 Å². The maximum absolute atomic E-state index is 14.3. The number of amides is 3. The number of hydrogen-bond donors (Lipinski definition) is 1. The Labute approximate surface area is 220 Å². The number of anilines is 2. The van der Waals surface area contributed by atoms with E-state index in [4.69, 9.17) is 33.8 Å². The molecule has 1 fully saturated rings. The number of primary amides is 1. The monoisotopic (exact) mass is 476 g/mol. The zero-order valence-electron chi connectivity index (χ0n) is 34.0. The molecule has 0 bridgehead atoms. The molecule has 0 aliphatic carbocycles. The summed E-state index contributed by atoms with van der Waals surface area (Å²) in [4.78, 5) is 40.1. The van der Waals surface area contributed by atoms with Crippen molar-refractivity contribution in [2.24, 2.45) is 5.73 Å². The summed E-state index contributed by atoms with van der Waals surface area (Å²) in [5, 5.41) is 3.93. The van der Waals surface area contributed by atoms with Crippen LogP contribution in [0.5, 0.6) is 5.75 Å². The Bertz CT molecular complexity index is 1980. The van der Waals surface area contributed by atoms with Gasteiger partial charge in [0, 0.05) is 47.3 Å². The van der Waals surface area contributed by atoms with Crippen molar-refractivity contribution < 1.29 is 42.4 Å². The van der Waals surface area contributed by atoms with Gasteiger partial charge in [-0.1, -0.05) is 0 Å². The second-order valence-corrected chi connectivity index (χ2v) is 6.84. The zero-order valence-corrected chi connectivity index (χ0v) is 17.0. The summed E-state index contributed by atoms with van der Waals surface area (Å²) in [6.07, 6.45) is -13.5. The highest BCUT2D eigenvalue weighted by Gasteiger charge is 2.34. The van der Waals surface area contributed by atoms with E-state index in [9.17, 15) is 14.4 Å². The van der Waals surface area contributed by atoms with Crippen molar-refractivity contribution in [3.05, 3.63) is 65.4 Å². The molecule has 0 unspecified atom stereocenters. The highest BCUT2D eigenvalue weighted by atomic mass is 16.5. The lowest BCUT2D eigenvalue weighted by Crippen LogP contribution is -2.39. The minimum absolute atomic E-state index is 0.0515. The number of ether oxygens (including phenoxy) is 1. The van der Waals surface area contributed by atoms with Gasteiger partial charge >= 0.3 is 0 Å². The summed E-state index contributed by atoms with van der Waals surface area (Å²) in [6, 6.07) is -0.435. The molecular weight excluding hydrogens is 434 g/mol. The Morgan fingerprint density at radius 3 is 2.44 bits per heavy atom. The van der Waals surface area contributed by atoms with Crippen LogP contribution >= 0.6 is 0 Å². The molecule has 34 heavy (non-hydrogen) atoms. The molecule has 3 heterocycles. The quantitative estimate of drug-likeness (QED) is 0.609. The lowest BCUT2D eigenvalue weighted by molar-refractivity contribution is -0.119. The second kappa shape index (κ2) is 8.66. The van der Waals surface area contributed by atoms with Crippen LogP contribution in [-0.2, 0) is 11.2 Å². The smallest absolute Gasteiger partial charge is 0.277 e. The minimum atomic E-state index is -3.63. The zero-order chi connectivity index (χ0) is 38.8. The SMILES string of the molecule is [2H]c1c([2H])c(N2C(=O)c3c(c(C(N)=O)nn3-c3ccc(OC([2H])([2H])[2H])cc3)C([2H])([2H])C2([2H])[2H])c([2H])c([2H])c1N1CC([2H])([2H])C([2H])([2H])C([2H])([2H])C1=O. The Morgan fingerprint density at radius 2 is 1.76 bits per heavy atom. The molecular formula is C25H25N5O4. The average molecular weight is 477 g/mol. The Morgan fingerprint density at radius 1 is 1.06 bits per heavy atom. The lowest BCUT2D eigenvalue weighted by atomic mass is 10.0. The number of nitrogens with zero attached hydrogens (tertiary/aromatic N) is 4. The summed E-state index contributed by atoms with van der Waals surface area (Å²) >= 11 is 0. The van der Waals surface area contributed by atoms with Gasteiger partial charge in [-0.15, -0.1) is 0 Å². The van der Waals surface area contributed by atoms with E-state index in [-0.39, 0.29) is 21.2 Å². The standard InChI is InChI=1S/C25H25N5O4/c1-34-19-11-9-18(10-12-19)30-23-20(22(27-30)24(26)32)13-15-29(25(23)33)17-7-5-16(6-8-17)28-14-3-2-4-21(28)31/h5-12H,2-4,13-15H2,1H3,(H2,26,32)/i1D3,2D2,3D2,4D2,5D,6D,7D,8D,13D2,15D2. The maximum atomic E-state index is 14.3. The first-order valence-electron chi connectivity index (χ1n) is 18.0. The predicted molar refractivity (Wildman–Crippen MR) is 127 cm³/mol. The largest absolute Gasteiger partial charge is 0.497 e. The van der Waals surface area contributed by atoms with E-state index >= 15 is 0 Å². The Hall–Kier alpha value is -4.14. The summed E-state index contributed by atoms with van der Waals surface area (Å²) in [5.74, 6) is -4.88. The molecule has 9 heteroatoms. The van der Waals surface area contributed by atoms with Crippen LogP contribution < -0.4 is 20.3 Å². The number of nitrogens with two attached hydrogens (primary N) is 1. The van der Waals surface area contributed by atoms with Gasteiger partial charge in [-0.3, -0.25) is 14.4 Å². The van der Waals surface area contributed by atoms with Crippen molar-refractivity contribution in [3.63, 3.8) is 0 Å². The molecule has 0 radical (unpaired) electrons. The van der Waals surface area contributed by atoms with Gasteiger partial charge in [-0.05, 0) is 67.6 Å². The number of hydrogen-bond acceptors (Lipinski definition) is 5. The number of rotatable bonds is 5. The highest BCUT2D eigenvalue weighted by Crippen LogP contribution is 2.31. The third kappa shape index (κ3) is 3.68. The number of carbonyl (C=O) groups is 3. The van der Waals surface area contributed by atoms with Crippen molar-refractivity contribution in [1.82, 2.24) is 9.78 Å². The maximum Gasteiger partial charge on any atom is 0.277 e. The molecule has 174 valence electrons. The third-order valence-electron chi connectivity index (χ3n) is 4.85. The van der Waals surface area contributed by atoms with Crippen molar-refractivity contribution in [3.8, 4) is 11.4 Å². The van der Waals surface area contributed by atoms with Gasteiger partial charge in [0.15, 0.2) is 5.69 Å². The number of benzene rings is 2. The molecule has 2 aromatic carbocycles. The highest BCUT2D eigenvalue weighted by molar-refractivity contribution is 6.09. The lowest BCUT2D eigenvalue weighted by Gasteiger charge is -2.29. The summed E-state index contributed by atoms with van der Waals surface area (Å²) in [6.45, 7) is -4.90. The molecule has 0 spiro atoms. The molecule has 9 nitrogen and oxygen atoms in total. The van der Waals surface area contributed by atoms with Crippen LogP contribution in [0.3, 0.4) is 0 Å². The van der Waals surface area contributed by atoms with E-state index in [0.29, 0.717) is 4.68 Å². The van der Waals surface area contributed by atoms with Crippen LogP contribution in [0.25, 0.3) is 5.69 Å².